The first-order valence-corrected chi connectivity index (χ1v) is 3.84. The largest absolute Gasteiger partial charge is 0.494 e. The molecule has 14 heavy (non-hydrogen) atoms. The molecule has 0 saturated carbocycles. The van der Waals surface area contributed by atoms with Crippen LogP contribution in [0.3, 0.4) is 0 Å². The zero-order valence-corrected chi connectivity index (χ0v) is 7.71. The third kappa shape index (κ3) is 2.09. The first-order chi connectivity index (χ1) is 6.36. The van der Waals surface area contributed by atoms with E-state index in [0.717, 1.165) is 7.11 Å². The van der Waals surface area contributed by atoms with Gasteiger partial charge < -0.3 is 4.74 Å². The summed E-state index contributed by atoms with van der Waals surface area (Å²) in [6.07, 6.45) is -4.56. The van der Waals surface area contributed by atoms with E-state index < -0.39 is 28.3 Å². The summed E-state index contributed by atoms with van der Waals surface area (Å²) in [5.74, 6) is -1.52. The van der Waals surface area contributed by atoms with Gasteiger partial charge in [-0.05, 0) is 12.1 Å². The Balaban J connectivity index is 3.30. The van der Waals surface area contributed by atoms with Gasteiger partial charge in [0.15, 0.2) is 11.6 Å². The molecule has 0 atom stereocenters. The second-order valence-electron chi connectivity index (χ2n) is 2.47. The minimum absolute atomic E-state index is 0.513. The lowest BCUT2D eigenvalue weighted by Crippen LogP contribution is -2.06. The Morgan fingerprint density at radius 1 is 1.29 bits per heavy atom. The molecule has 0 fully saturated rings. The van der Waals surface area contributed by atoms with E-state index in [1.807, 2.05) is 0 Å². The van der Waals surface area contributed by atoms with Crippen LogP contribution in [0.1, 0.15) is 5.56 Å². The maximum Gasteiger partial charge on any atom is 0.416 e. The van der Waals surface area contributed by atoms with Crippen molar-refractivity contribution < 1.29 is 22.3 Å². The molecule has 0 aromatic heterocycles. The van der Waals surface area contributed by atoms with Gasteiger partial charge in [0.25, 0.3) is 0 Å². The van der Waals surface area contributed by atoms with Gasteiger partial charge in [0.2, 0.25) is 0 Å². The molecule has 0 aliphatic rings. The van der Waals surface area contributed by atoms with Crippen LogP contribution in [-0.4, -0.2) is 7.11 Å². The number of ether oxygens (including phenoxy) is 1. The summed E-state index contributed by atoms with van der Waals surface area (Å²) >= 11 is 5.25. The SMILES string of the molecule is COc1cc(C(F)(F)F)cc(Cl)c1F. The van der Waals surface area contributed by atoms with Crippen LogP contribution in [0.5, 0.6) is 5.75 Å². The average Bonchev–Trinajstić information content (AvgIpc) is 2.07. The number of hydrogen-bond acceptors (Lipinski definition) is 1. The van der Waals surface area contributed by atoms with Crippen molar-refractivity contribution in [3.63, 3.8) is 0 Å². The van der Waals surface area contributed by atoms with Crippen molar-refractivity contribution in [1.82, 2.24) is 0 Å². The molecule has 0 amide bonds. The molecule has 6 heteroatoms. The van der Waals surface area contributed by atoms with Gasteiger partial charge in [-0.25, -0.2) is 4.39 Å². The predicted octanol–water partition coefficient (Wildman–Crippen LogP) is 3.51. The Bertz CT molecular complexity index is 348. The normalized spacial score (nSPS) is 11.6. The van der Waals surface area contributed by atoms with Gasteiger partial charge in [-0.2, -0.15) is 13.2 Å². The Morgan fingerprint density at radius 2 is 1.86 bits per heavy atom. The number of hydrogen-bond donors (Lipinski definition) is 0. The van der Waals surface area contributed by atoms with E-state index in [0.29, 0.717) is 12.1 Å². The molecule has 0 aliphatic carbocycles. The molecule has 78 valence electrons. The van der Waals surface area contributed by atoms with E-state index in [9.17, 15) is 17.6 Å². The van der Waals surface area contributed by atoms with E-state index >= 15 is 0 Å². The summed E-state index contributed by atoms with van der Waals surface area (Å²) in [6, 6.07) is 1.07. The second-order valence-corrected chi connectivity index (χ2v) is 2.88. The fraction of sp³-hybridized carbons (Fsp3) is 0.250. The molecule has 0 heterocycles. The molecular formula is C8H5ClF4O. The quantitative estimate of drug-likeness (QED) is 0.669. The van der Waals surface area contributed by atoms with Crippen LogP contribution in [-0.2, 0) is 6.18 Å². The van der Waals surface area contributed by atoms with Crippen LogP contribution in [0.2, 0.25) is 5.02 Å². The Labute approximate surface area is 82.2 Å². The standard InChI is InChI=1S/C8H5ClF4O/c1-14-6-3-4(8(11,12)13)2-5(9)7(6)10/h2-3H,1H3. The number of benzene rings is 1. The monoisotopic (exact) mass is 228 g/mol. The smallest absolute Gasteiger partial charge is 0.416 e. The summed E-state index contributed by atoms with van der Waals surface area (Å²) in [5, 5.41) is -0.614. The lowest BCUT2D eigenvalue weighted by Gasteiger charge is -2.10. The number of halogens is 5. The van der Waals surface area contributed by atoms with E-state index in [1.165, 1.54) is 0 Å². The Hall–Kier alpha value is -0.970. The van der Waals surface area contributed by atoms with Gasteiger partial charge in [0, 0.05) is 0 Å². The van der Waals surface area contributed by atoms with Crippen molar-refractivity contribution in [2.24, 2.45) is 0 Å². The highest BCUT2D eigenvalue weighted by atomic mass is 35.5. The molecule has 0 saturated heterocycles. The molecule has 1 aromatic carbocycles. The van der Waals surface area contributed by atoms with Crippen LogP contribution in [0.15, 0.2) is 12.1 Å². The van der Waals surface area contributed by atoms with Crippen molar-refractivity contribution in [3.8, 4) is 5.75 Å². The molecule has 1 nitrogen and oxygen atoms in total. The molecule has 0 unspecified atom stereocenters. The highest BCUT2D eigenvalue weighted by Gasteiger charge is 2.32. The van der Waals surface area contributed by atoms with Crippen molar-refractivity contribution >= 4 is 11.6 Å². The summed E-state index contributed by atoms with van der Waals surface area (Å²) in [5.41, 5.74) is -1.04. The van der Waals surface area contributed by atoms with Gasteiger partial charge in [-0.3, -0.25) is 0 Å². The molecule has 0 spiro atoms. The van der Waals surface area contributed by atoms with E-state index in [2.05, 4.69) is 4.74 Å². The fourth-order valence-corrected chi connectivity index (χ4v) is 1.09. The Morgan fingerprint density at radius 3 is 2.29 bits per heavy atom. The summed E-state index contributed by atoms with van der Waals surface area (Å²) in [7, 11) is 1.06. The first kappa shape index (κ1) is 11.1. The van der Waals surface area contributed by atoms with E-state index in [4.69, 9.17) is 11.6 Å². The van der Waals surface area contributed by atoms with Crippen LogP contribution >= 0.6 is 11.6 Å². The lowest BCUT2D eigenvalue weighted by molar-refractivity contribution is -0.137. The molecule has 1 aromatic rings. The van der Waals surface area contributed by atoms with Crippen molar-refractivity contribution in [2.75, 3.05) is 7.11 Å². The van der Waals surface area contributed by atoms with Crippen LogP contribution in [0.25, 0.3) is 0 Å². The van der Waals surface area contributed by atoms with Gasteiger partial charge in [-0.15, -0.1) is 0 Å². The number of rotatable bonds is 1. The summed E-state index contributed by atoms with van der Waals surface area (Å²) < 4.78 is 53.9. The van der Waals surface area contributed by atoms with E-state index in [-0.39, 0.29) is 0 Å². The molecule has 0 aliphatic heterocycles. The van der Waals surface area contributed by atoms with Gasteiger partial charge in [0.05, 0.1) is 17.7 Å². The number of alkyl halides is 3. The van der Waals surface area contributed by atoms with Crippen LogP contribution in [0, 0.1) is 5.82 Å². The molecule has 1 rings (SSSR count). The molecular weight excluding hydrogens is 224 g/mol. The topological polar surface area (TPSA) is 9.23 Å². The minimum atomic E-state index is -4.56. The van der Waals surface area contributed by atoms with Gasteiger partial charge in [-0.1, -0.05) is 11.6 Å². The summed E-state index contributed by atoms with van der Waals surface area (Å²) in [4.78, 5) is 0. The maximum atomic E-state index is 12.9. The van der Waals surface area contributed by atoms with E-state index in [1.54, 1.807) is 0 Å². The molecule has 0 bridgehead atoms. The van der Waals surface area contributed by atoms with Gasteiger partial charge >= 0.3 is 6.18 Å². The lowest BCUT2D eigenvalue weighted by atomic mass is 10.2. The zero-order chi connectivity index (χ0) is 10.9. The zero-order valence-electron chi connectivity index (χ0n) is 6.95. The highest BCUT2D eigenvalue weighted by molar-refractivity contribution is 6.31. The fourth-order valence-electron chi connectivity index (χ4n) is 0.876. The predicted molar refractivity (Wildman–Crippen MR) is 43.0 cm³/mol. The van der Waals surface area contributed by atoms with Crippen molar-refractivity contribution in [2.45, 2.75) is 6.18 Å². The molecule has 0 radical (unpaired) electrons. The Kier molecular flexibility index (Phi) is 2.89. The third-order valence-corrected chi connectivity index (χ3v) is 1.82. The average molecular weight is 229 g/mol. The second kappa shape index (κ2) is 3.65. The van der Waals surface area contributed by atoms with Crippen LogP contribution < -0.4 is 4.74 Å². The molecule has 0 N–H and O–H groups in total. The first-order valence-electron chi connectivity index (χ1n) is 3.46. The van der Waals surface area contributed by atoms with Crippen molar-refractivity contribution in [3.05, 3.63) is 28.5 Å². The van der Waals surface area contributed by atoms with Gasteiger partial charge in [0.1, 0.15) is 0 Å². The highest BCUT2D eigenvalue weighted by Crippen LogP contribution is 2.35. The van der Waals surface area contributed by atoms with Crippen LogP contribution in [0.4, 0.5) is 17.6 Å². The number of methoxy groups -OCH3 is 1. The third-order valence-electron chi connectivity index (χ3n) is 1.54. The summed E-state index contributed by atoms with van der Waals surface area (Å²) in [6.45, 7) is 0. The maximum absolute atomic E-state index is 12.9. The van der Waals surface area contributed by atoms with Crippen molar-refractivity contribution in [1.29, 1.82) is 0 Å². The minimum Gasteiger partial charge on any atom is -0.494 e.